The Morgan fingerprint density at radius 2 is 1.79 bits per heavy atom. The fraction of sp³-hybridized carbons (Fsp3) is 0.235. The van der Waals surface area contributed by atoms with Crippen LogP contribution in [0.25, 0.3) is 0 Å². The summed E-state index contributed by atoms with van der Waals surface area (Å²) in [5.74, 6) is -0.346. The molecule has 2 N–H and O–H groups in total. The molecular formula is C17H19BrN2O3S. The molecule has 0 saturated heterocycles. The lowest BCUT2D eigenvalue weighted by Gasteiger charge is -2.08. The van der Waals surface area contributed by atoms with Gasteiger partial charge in [-0.1, -0.05) is 52.3 Å². The number of aryl methyl sites for hydroxylation is 1. The number of hydrogen-bond donors (Lipinski definition) is 2. The minimum atomic E-state index is -3.69. The lowest BCUT2D eigenvalue weighted by molar-refractivity contribution is -0.119. The third-order valence-corrected chi connectivity index (χ3v) is 5.23. The molecule has 0 aliphatic heterocycles. The van der Waals surface area contributed by atoms with Crippen LogP contribution in [0.15, 0.2) is 64.0 Å². The fourth-order valence-electron chi connectivity index (χ4n) is 2.11. The zero-order valence-electron chi connectivity index (χ0n) is 13.0. The maximum atomic E-state index is 12.1. The van der Waals surface area contributed by atoms with E-state index in [2.05, 4.69) is 26.0 Å². The Labute approximate surface area is 150 Å². The zero-order valence-corrected chi connectivity index (χ0v) is 15.4. The van der Waals surface area contributed by atoms with Crippen LogP contribution in [0.3, 0.4) is 0 Å². The molecule has 0 fully saturated rings. The Bertz CT molecular complexity index is 779. The van der Waals surface area contributed by atoms with Crippen LogP contribution in [0.2, 0.25) is 0 Å². The average molecular weight is 411 g/mol. The number of carbonyl (C=O) groups is 1. The van der Waals surface area contributed by atoms with Gasteiger partial charge in [0.15, 0.2) is 0 Å². The highest BCUT2D eigenvalue weighted by Gasteiger charge is 2.15. The van der Waals surface area contributed by atoms with Gasteiger partial charge >= 0.3 is 0 Å². The van der Waals surface area contributed by atoms with Crippen LogP contribution in [-0.4, -0.2) is 27.4 Å². The second-order valence-corrected chi connectivity index (χ2v) is 7.90. The van der Waals surface area contributed by atoms with Crippen molar-refractivity contribution in [2.24, 2.45) is 0 Å². The average Bonchev–Trinajstić information content (AvgIpc) is 2.58. The van der Waals surface area contributed by atoms with Gasteiger partial charge in [0.05, 0.1) is 11.4 Å². The van der Waals surface area contributed by atoms with Crippen molar-refractivity contribution in [3.63, 3.8) is 0 Å². The molecule has 2 aromatic rings. The van der Waals surface area contributed by atoms with Gasteiger partial charge in [0.25, 0.3) is 0 Å². The summed E-state index contributed by atoms with van der Waals surface area (Å²) in [6.07, 6.45) is 1.67. The number of halogens is 1. The molecule has 0 saturated carbocycles. The molecule has 7 heteroatoms. The third-order valence-electron chi connectivity index (χ3n) is 3.34. The monoisotopic (exact) mass is 410 g/mol. The van der Waals surface area contributed by atoms with Crippen LogP contribution < -0.4 is 10.0 Å². The predicted octanol–water partition coefficient (Wildman–Crippen LogP) is 2.48. The first-order valence-corrected chi connectivity index (χ1v) is 9.81. The lowest BCUT2D eigenvalue weighted by Crippen LogP contribution is -2.37. The minimum absolute atomic E-state index is 0.119. The Kier molecular flexibility index (Phi) is 6.96. The van der Waals surface area contributed by atoms with E-state index in [0.29, 0.717) is 11.0 Å². The highest BCUT2D eigenvalue weighted by molar-refractivity contribution is 9.10. The Morgan fingerprint density at radius 1 is 1.04 bits per heavy atom. The first-order valence-electron chi connectivity index (χ1n) is 7.53. The molecule has 24 heavy (non-hydrogen) atoms. The highest BCUT2D eigenvalue weighted by atomic mass is 79.9. The number of benzene rings is 2. The van der Waals surface area contributed by atoms with Crippen LogP contribution in [-0.2, 0) is 21.2 Å². The van der Waals surface area contributed by atoms with E-state index in [0.717, 1.165) is 12.8 Å². The summed E-state index contributed by atoms with van der Waals surface area (Å²) in [6.45, 7) is 0.229. The van der Waals surface area contributed by atoms with Gasteiger partial charge < -0.3 is 5.32 Å². The van der Waals surface area contributed by atoms with E-state index in [1.54, 1.807) is 12.1 Å². The number of hydrogen-bond acceptors (Lipinski definition) is 3. The van der Waals surface area contributed by atoms with Crippen molar-refractivity contribution < 1.29 is 13.2 Å². The molecule has 2 rings (SSSR count). The molecule has 0 heterocycles. The molecular weight excluding hydrogens is 392 g/mol. The van der Waals surface area contributed by atoms with E-state index in [1.165, 1.54) is 17.7 Å². The molecule has 0 spiro atoms. The normalized spacial score (nSPS) is 11.2. The summed E-state index contributed by atoms with van der Waals surface area (Å²) >= 11 is 3.22. The predicted molar refractivity (Wildman–Crippen MR) is 97.1 cm³/mol. The number of amides is 1. The molecule has 0 unspecified atom stereocenters. The van der Waals surface area contributed by atoms with Crippen LogP contribution >= 0.6 is 15.9 Å². The Hall–Kier alpha value is -1.70. The zero-order chi connectivity index (χ0) is 17.4. The summed E-state index contributed by atoms with van der Waals surface area (Å²) in [4.78, 5) is 11.9. The summed E-state index contributed by atoms with van der Waals surface area (Å²) in [7, 11) is -3.69. The van der Waals surface area contributed by atoms with Crippen molar-refractivity contribution in [2.45, 2.75) is 17.7 Å². The molecule has 0 aromatic heterocycles. The molecule has 1 amide bonds. The van der Waals surface area contributed by atoms with Crippen LogP contribution in [0.4, 0.5) is 0 Å². The number of nitrogens with one attached hydrogen (secondary N) is 2. The van der Waals surface area contributed by atoms with Crippen molar-refractivity contribution >= 4 is 31.9 Å². The van der Waals surface area contributed by atoms with Crippen molar-refractivity contribution in [3.05, 3.63) is 64.6 Å². The van der Waals surface area contributed by atoms with E-state index in [-0.39, 0.29) is 17.3 Å². The second-order valence-electron chi connectivity index (χ2n) is 5.22. The van der Waals surface area contributed by atoms with E-state index in [9.17, 15) is 13.2 Å². The summed E-state index contributed by atoms with van der Waals surface area (Å²) < 4.78 is 27.1. The van der Waals surface area contributed by atoms with Gasteiger partial charge in [0.1, 0.15) is 0 Å². The van der Waals surface area contributed by atoms with E-state index in [1.807, 2.05) is 30.3 Å². The lowest BCUT2D eigenvalue weighted by atomic mass is 10.1. The number of carbonyl (C=O) groups excluding carboxylic acids is 1. The van der Waals surface area contributed by atoms with Crippen molar-refractivity contribution in [1.29, 1.82) is 0 Å². The standard InChI is InChI=1S/C17H19BrN2O3S/c18-15-9-4-10-16(12-15)24(22,23)20-13-17(21)19-11-5-8-14-6-2-1-3-7-14/h1-4,6-7,9-10,12,20H,5,8,11,13H2,(H,19,21). The topological polar surface area (TPSA) is 75.3 Å². The Morgan fingerprint density at radius 3 is 2.50 bits per heavy atom. The molecule has 0 atom stereocenters. The largest absolute Gasteiger partial charge is 0.355 e. The number of sulfonamides is 1. The molecule has 0 aliphatic rings. The van der Waals surface area contributed by atoms with Gasteiger partial charge in [0, 0.05) is 11.0 Å². The Balaban J connectivity index is 1.73. The van der Waals surface area contributed by atoms with Gasteiger partial charge in [-0.05, 0) is 36.6 Å². The van der Waals surface area contributed by atoms with Gasteiger partial charge in [-0.15, -0.1) is 0 Å². The fourth-order valence-corrected chi connectivity index (χ4v) is 3.68. The van der Waals surface area contributed by atoms with E-state index in [4.69, 9.17) is 0 Å². The van der Waals surface area contributed by atoms with Crippen LogP contribution in [0, 0.1) is 0 Å². The quantitative estimate of drug-likeness (QED) is 0.656. The smallest absolute Gasteiger partial charge is 0.241 e. The molecule has 5 nitrogen and oxygen atoms in total. The molecule has 0 bridgehead atoms. The molecule has 2 aromatic carbocycles. The van der Waals surface area contributed by atoms with E-state index >= 15 is 0 Å². The van der Waals surface area contributed by atoms with E-state index < -0.39 is 10.0 Å². The van der Waals surface area contributed by atoms with Crippen molar-refractivity contribution in [3.8, 4) is 0 Å². The molecule has 0 aliphatic carbocycles. The summed E-state index contributed by atoms with van der Waals surface area (Å²) in [5.41, 5.74) is 1.21. The highest BCUT2D eigenvalue weighted by Crippen LogP contribution is 2.15. The van der Waals surface area contributed by atoms with Crippen molar-refractivity contribution in [2.75, 3.05) is 13.1 Å². The number of rotatable bonds is 8. The third kappa shape index (κ3) is 6.07. The first kappa shape index (κ1) is 18.6. The van der Waals surface area contributed by atoms with Crippen LogP contribution in [0.5, 0.6) is 0 Å². The van der Waals surface area contributed by atoms with Crippen molar-refractivity contribution in [1.82, 2.24) is 10.0 Å². The summed E-state index contributed by atoms with van der Waals surface area (Å²) in [6, 6.07) is 16.3. The maximum Gasteiger partial charge on any atom is 0.241 e. The van der Waals surface area contributed by atoms with Gasteiger partial charge in [0.2, 0.25) is 15.9 Å². The minimum Gasteiger partial charge on any atom is -0.355 e. The first-order chi connectivity index (χ1) is 11.5. The summed E-state index contributed by atoms with van der Waals surface area (Å²) in [5, 5.41) is 2.71. The van der Waals surface area contributed by atoms with Gasteiger partial charge in [-0.3, -0.25) is 4.79 Å². The second kappa shape index (κ2) is 8.96. The SMILES string of the molecule is O=C(CNS(=O)(=O)c1cccc(Br)c1)NCCCc1ccccc1. The maximum absolute atomic E-state index is 12.1. The molecule has 128 valence electrons. The molecule has 0 radical (unpaired) electrons. The van der Waals surface area contributed by atoms with Gasteiger partial charge in [-0.2, -0.15) is 0 Å². The van der Waals surface area contributed by atoms with Gasteiger partial charge in [-0.25, -0.2) is 13.1 Å². The van der Waals surface area contributed by atoms with Crippen LogP contribution in [0.1, 0.15) is 12.0 Å².